The third-order valence-corrected chi connectivity index (χ3v) is 2.62. The van der Waals surface area contributed by atoms with Crippen molar-refractivity contribution < 1.29 is 9.84 Å². The Morgan fingerprint density at radius 1 is 1.18 bits per heavy atom. The molecular formula is C14H15NO2. The Balaban J connectivity index is 2.17. The zero-order valence-electron chi connectivity index (χ0n) is 9.71. The number of aliphatic hydroxyl groups excluding tert-OH is 1. The fourth-order valence-corrected chi connectivity index (χ4v) is 1.77. The van der Waals surface area contributed by atoms with Gasteiger partial charge in [-0.3, -0.25) is 0 Å². The van der Waals surface area contributed by atoms with Crippen LogP contribution in [-0.4, -0.2) is 17.2 Å². The van der Waals surface area contributed by atoms with Crippen molar-refractivity contribution in [2.75, 3.05) is 7.11 Å². The van der Waals surface area contributed by atoms with Crippen LogP contribution in [-0.2, 0) is 6.42 Å². The van der Waals surface area contributed by atoms with E-state index in [0.29, 0.717) is 12.3 Å². The second kappa shape index (κ2) is 5.46. The molecule has 1 atom stereocenters. The van der Waals surface area contributed by atoms with Crippen molar-refractivity contribution in [3.63, 3.8) is 0 Å². The lowest BCUT2D eigenvalue weighted by atomic mass is 10.0. The molecule has 0 aliphatic rings. The molecule has 0 aliphatic carbocycles. The van der Waals surface area contributed by atoms with Crippen molar-refractivity contribution in [3.8, 4) is 5.88 Å². The maximum Gasteiger partial charge on any atom is 0.218 e. The normalized spacial score (nSPS) is 12.1. The second-order valence-electron chi connectivity index (χ2n) is 3.81. The number of aromatic nitrogens is 1. The van der Waals surface area contributed by atoms with Crippen LogP contribution in [0.1, 0.15) is 17.2 Å². The van der Waals surface area contributed by atoms with Gasteiger partial charge in [-0.05, 0) is 17.7 Å². The largest absolute Gasteiger partial charge is 0.481 e. The minimum absolute atomic E-state index is 0.482. The minimum Gasteiger partial charge on any atom is -0.481 e. The van der Waals surface area contributed by atoms with Gasteiger partial charge in [-0.25, -0.2) is 4.98 Å². The van der Waals surface area contributed by atoms with Crippen molar-refractivity contribution in [2.24, 2.45) is 0 Å². The zero-order chi connectivity index (χ0) is 12.1. The number of benzene rings is 1. The average molecular weight is 229 g/mol. The molecule has 0 radical (unpaired) electrons. The molecule has 0 saturated carbocycles. The second-order valence-corrected chi connectivity index (χ2v) is 3.81. The summed E-state index contributed by atoms with van der Waals surface area (Å²) in [7, 11) is 1.56. The molecule has 88 valence electrons. The highest BCUT2D eigenvalue weighted by molar-refractivity contribution is 5.29. The van der Waals surface area contributed by atoms with Gasteiger partial charge in [0.2, 0.25) is 5.88 Å². The maximum absolute atomic E-state index is 10.2. The van der Waals surface area contributed by atoms with E-state index in [1.165, 1.54) is 0 Å². The summed E-state index contributed by atoms with van der Waals surface area (Å²) in [4.78, 5) is 4.08. The van der Waals surface area contributed by atoms with Crippen molar-refractivity contribution in [1.29, 1.82) is 0 Å². The van der Waals surface area contributed by atoms with E-state index in [-0.39, 0.29) is 0 Å². The maximum atomic E-state index is 10.2. The van der Waals surface area contributed by atoms with Crippen LogP contribution in [0.4, 0.5) is 0 Å². The van der Waals surface area contributed by atoms with E-state index in [4.69, 9.17) is 4.74 Å². The average Bonchev–Trinajstić information content (AvgIpc) is 2.40. The van der Waals surface area contributed by atoms with Gasteiger partial charge in [0.1, 0.15) is 0 Å². The topological polar surface area (TPSA) is 42.4 Å². The van der Waals surface area contributed by atoms with Crippen LogP contribution in [0.2, 0.25) is 0 Å². The molecule has 0 spiro atoms. The van der Waals surface area contributed by atoms with Crippen LogP contribution < -0.4 is 4.74 Å². The Hall–Kier alpha value is -1.87. The number of methoxy groups -OCH3 is 1. The molecule has 2 aromatic rings. The van der Waals surface area contributed by atoms with E-state index in [1.54, 1.807) is 19.4 Å². The minimum atomic E-state index is -0.596. The lowest BCUT2D eigenvalue weighted by molar-refractivity contribution is 0.173. The molecule has 3 nitrogen and oxygen atoms in total. The Kier molecular flexibility index (Phi) is 3.73. The first-order valence-corrected chi connectivity index (χ1v) is 5.52. The summed E-state index contributed by atoms with van der Waals surface area (Å²) in [5, 5.41) is 10.2. The van der Waals surface area contributed by atoms with E-state index in [2.05, 4.69) is 4.98 Å². The number of rotatable bonds is 4. The van der Waals surface area contributed by atoms with Crippen molar-refractivity contribution >= 4 is 0 Å². The Labute approximate surface area is 101 Å². The summed E-state index contributed by atoms with van der Waals surface area (Å²) < 4.78 is 5.13. The Bertz CT molecular complexity index is 471. The van der Waals surface area contributed by atoms with Crippen LogP contribution in [0.3, 0.4) is 0 Å². The fourth-order valence-electron chi connectivity index (χ4n) is 1.77. The van der Waals surface area contributed by atoms with Crippen LogP contribution in [0, 0.1) is 0 Å². The molecule has 17 heavy (non-hydrogen) atoms. The molecule has 0 fully saturated rings. The Morgan fingerprint density at radius 2 is 1.94 bits per heavy atom. The quantitative estimate of drug-likeness (QED) is 0.875. The summed E-state index contributed by atoms with van der Waals surface area (Å²) in [5.41, 5.74) is 1.81. The fraction of sp³-hybridized carbons (Fsp3) is 0.214. The lowest BCUT2D eigenvalue weighted by Gasteiger charge is -2.13. The van der Waals surface area contributed by atoms with Crippen LogP contribution in [0.25, 0.3) is 0 Å². The van der Waals surface area contributed by atoms with Crippen molar-refractivity contribution in [3.05, 3.63) is 59.8 Å². The van der Waals surface area contributed by atoms with Gasteiger partial charge in [-0.15, -0.1) is 0 Å². The van der Waals surface area contributed by atoms with E-state index in [9.17, 15) is 5.11 Å². The zero-order valence-corrected chi connectivity index (χ0v) is 9.71. The highest BCUT2D eigenvalue weighted by atomic mass is 16.5. The molecular weight excluding hydrogens is 214 g/mol. The molecule has 1 N–H and O–H groups in total. The summed E-state index contributed by atoms with van der Waals surface area (Å²) in [5.74, 6) is 0.482. The molecule has 1 aromatic heterocycles. The van der Waals surface area contributed by atoms with E-state index < -0.39 is 6.10 Å². The highest BCUT2D eigenvalue weighted by Gasteiger charge is 2.14. The van der Waals surface area contributed by atoms with E-state index in [0.717, 1.165) is 11.1 Å². The molecule has 1 unspecified atom stereocenters. The summed E-state index contributed by atoms with van der Waals surface area (Å²) in [6.45, 7) is 0. The standard InChI is InChI=1S/C14H15NO2/c1-17-14-12(8-5-9-15-14)13(16)10-11-6-3-2-4-7-11/h2-9,13,16H,10H2,1H3. The smallest absolute Gasteiger partial charge is 0.218 e. The number of hydrogen-bond acceptors (Lipinski definition) is 3. The lowest BCUT2D eigenvalue weighted by Crippen LogP contribution is -2.05. The third-order valence-electron chi connectivity index (χ3n) is 2.62. The van der Waals surface area contributed by atoms with Gasteiger partial charge >= 0.3 is 0 Å². The predicted octanol–water partition coefficient (Wildman–Crippen LogP) is 2.37. The number of pyridine rings is 1. The molecule has 1 heterocycles. The van der Waals surface area contributed by atoms with Crippen molar-refractivity contribution in [1.82, 2.24) is 4.98 Å². The van der Waals surface area contributed by atoms with Gasteiger partial charge in [0.15, 0.2) is 0 Å². The molecule has 3 heteroatoms. The van der Waals surface area contributed by atoms with Gasteiger partial charge < -0.3 is 9.84 Å². The highest BCUT2D eigenvalue weighted by Crippen LogP contribution is 2.24. The third kappa shape index (κ3) is 2.82. The Morgan fingerprint density at radius 3 is 2.65 bits per heavy atom. The molecule has 2 rings (SSSR count). The summed E-state index contributed by atoms with van der Waals surface area (Å²) >= 11 is 0. The first kappa shape index (κ1) is 11.6. The van der Waals surface area contributed by atoms with Gasteiger partial charge in [0, 0.05) is 18.2 Å². The molecule has 1 aromatic carbocycles. The molecule has 0 saturated heterocycles. The monoisotopic (exact) mass is 229 g/mol. The number of ether oxygens (including phenoxy) is 1. The van der Waals surface area contributed by atoms with Crippen molar-refractivity contribution in [2.45, 2.75) is 12.5 Å². The number of aliphatic hydroxyl groups is 1. The first-order chi connectivity index (χ1) is 8.31. The van der Waals surface area contributed by atoms with Gasteiger partial charge in [0.25, 0.3) is 0 Å². The van der Waals surface area contributed by atoms with Crippen LogP contribution in [0.15, 0.2) is 48.7 Å². The van der Waals surface area contributed by atoms with E-state index in [1.807, 2.05) is 36.4 Å². The van der Waals surface area contributed by atoms with Crippen LogP contribution in [0.5, 0.6) is 5.88 Å². The van der Waals surface area contributed by atoms with Crippen LogP contribution >= 0.6 is 0 Å². The van der Waals surface area contributed by atoms with E-state index >= 15 is 0 Å². The van der Waals surface area contributed by atoms with Gasteiger partial charge in [-0.1, -0.05) is 30.3 Å². The predicted molar refractivity (Wildman–Crippen MR) is 65.9 cm³/mol. The molecule has 0 aliphatic heterocycles. The first-order valence-electron chi connectivity index (χ1n) is 5.52. The van der Waals surface area contributed by atoms with Gasteiger partial charge in [-0.2, -0.15) is 0 Å². The summed E-state index contributed by atoms with van der Waals surface area (Å²) in [6, 6.07) is 13.5. The summed E-state index contributed by atoms with van der Waals surface area (Å²) in [6.07, 6.45) is 1.61. The SMILES string of the molecule is COc1ncccc1C(O)Cc1ccccc1. The number of hydrogen-bond donors (Lipinski definition) is 1. The van der Waals surface area contributed by atoms with Gasteiger partial charge in [0.05, 0.1) is 13.2 Å². The molecule has 0 bridgehead atoms. The molecule has 0 amide bonds. The number of nitrogens with zero attached hydrogens (tertiary/aromatic N) is 1.